The second-order valence-corrected chi connectivity index (χ2v) is 7.51. The first-order valence-corrected chi connectivity index (χ1v) is 8.19. The largest absolute Gasteiger partial charge is 0.330 e. The van der Waals surface area contributed by atoms with Crippen molar-refractivity contribution in [2.45, 2.75) is 57.1 Å². The highest BCUT2D eigenvalue weighted by Gasteiger charge is 2.29. The fourth-order valence-electron chi connectivity index (χ4n) is 2.50. The van der Waals surface area contributed by atoms with Crippen molar-refractivity contribution in [1.29, 1.82) is 0 Å². The molecule has 1 aliphatic rings. The van der Waals surface area contributed by atoms with Crippen LogP contribution >= 0.6 is 0 Å². The van der Waals surface area contributed by atoms with Crippen LogP contribution in [0.3, 0.4) is 0 Å². The van der Waals surface area contributed by atoms with Gasteiger partial charge in [-0.3, -0.25) is 0 Å². The molecule has 0 saturated heterocycles. The summed E-state index contributed by atoms with van der Waals surface area (Å²) in [6, 6.07) is 0. The first kappa shape index (κ1) is 14.0. The molecular weight excluding hydrogens is 222 g/mol. The van der Waals surface area contributed by atoms with Crippen LogP contribution in [0.25, 0.3) is 0 Å². The van der Waals surface area contributed by atoms with Gasteiger partial charge in [0.25, 0.3) is 0 Å². The molecule has 1 aliphatic carbocycles. The van der Waals surface area contributed by atoms with Gasteiger partial charge in [-0.2, -0.15) is 0 Å². The van der Waals surface area contributed by atoms with Crippen molar-refractivity contribution in [3.05, 3.63) is 0 Å². The number of rotatable bonds is 6. The molecular formula is C12H25NO2S. The zero-order valence-corrected chi connectivity index (χ0v) is 11.1. The molecule has 0 aromatic carbocycles. The number of hydrogen-bond acceptors (Lipinski definition) is 3. The highest BCUT2D eigenvalue weighted by Crippen LogP contribution is 2.29. The normalized spacial score (nSPS) is 26.9. The average molecular weight is 247 g/mol. The molecule has 96 valence electrons. The molecule has 1 rings (SSSR count). The lowest BCUT2D eigenvalue weighted by Gasteiger charge is -2.26. The Morgan fingerprint density at radius 1 is 1.19 bits per heavy atom. The Hall–Kier alpha value is -0.0900. The van der Waals surface area contributed by atoms with Gasteiger partial charge in [0, 0.05) is 0 Å². The van der Waals surface area contributed by atoms with Gasteiger partial charge in [-0.25, -0.2) is 8.42 Å². The summed E-state index contributed by atoms with van der Waals surface area (Å²) < 4.78 is 24.1. The fourth-order valence-corrected chi connectivity index (χ4v) is 4.58. The molecule has 3 nitrogen and oxygen atoms in total. The quantitative estimate of drug-likeness (QED) is 0.731. The van der Waals surface area contributed by atoms with Crippen LogP contribution in [0.4, 0.5) is 0 Å². The zero-order chi connectivity index (χ0) is 12.0. The molecule has 0 bridgehead atoms. The maximum absolute atomic E-state index is 12.1. The van der Waals surface area contributed by atoms with E-state index in [9.17, 15) is 8.42 Å². The summed E-state index contributed by atoms with van der Waals surface area (Å²) in [5.41, 5.74) is 5.39. The molecule has 0 aliphatic heterocycles. The van der Waals surface area contributed by atoms with Crippen LogP contribution in [0, 0.1) is 5.92 Å². The van der Waals surface area contributed by atoms with Crippen LogP contribution in [-0.2, 0) is 9.84 Å². The second-order valence-electron chi connectivity index (χ2n) is 5.11. The predicted octanol–water partition coefficient (Wildman–Crippen LogP) is 2.11. The van der Waals surface area contributed by atoms with E-state index in [1.165, 1.54) is 6.42 Å². The Kier molecular flexibility index (Phi) is 5.76. The molecule has 0 aromatic heterocycles. The highest BCUT2D eigenvalue weighted by atomic mass is 32.2. The molecule has 0 aromatic rings. The summed E-state index contributed by atoms with van der Waals surface area (Å²) >= 11 is 0. The van der Waals surface area contributed by atoms with Crippen LogP contribution in [0.15, 0.2) is 0 Å². The summed E-state index contributed by atoms with van der Waals surface area (Å²) in [6.45, 7) is 2.83. The highest BCUT2D eigenvalue weighted by molar-refractivity contribution is 7.92. The minimum Gasteiger partial charge on any atom is -0.330 e. The van der Waals surface area contributed by atoms with E-state index in [4.69, 9.17) is 5.73 Å². The summed E-state index contributed by atoms with van der Waals surface area (Å²) in [4.78, 5) is 0. The van der Waals surface area contributed by atoms with Crippen LogP contribution in [0.2, 0.25) is 0 Å². The van der Waals surface area contributed by atoms with Crippen molar-refractivity contribution in [2.75, 3.05) is 12.3 Å². The summed E-state index contributed by atoms with van der Waals surface area (Å²) in [5.74, 6) is 0.947. The molecule has 16 heavy (non-hydrogen) atoms. The third kappa shape index (κ3) is 4.42. The van der Waals surface area contributed by atoms with E-state index >= 15 is 0 Å². The van der Waals surface area contributed by atoms with E-state index in [1.54, 1.807) is 0 Å². The monoisotopic (exact) mass is 247 g/mol. The summed E-state index contributed by atoms with van der Waals surface area (Å²) in [6.07, 6.45) is 6.69. The Balaban J connectivity index is 2.37. The summed E-state index contributed by atoms with van der Waals surface area (Å²) in [5, 5.41) is -0.0610. The van der Waals surface area contributed by atoms with Crippen molar-refractivity contribution < 1.29 is 8.42 Å². The van der Waals surface area contributed by atoms with Crippen LogP contribution in [0.5, 0.6) is 0 Å². The van der Waals surface area contributed by atoms with E-state index in [0.717, 1.165) is 38.5 Å². The molecule has 2 unspecified atom stereocenters. The lowest BCUT2D eigenvalue weighted by molar-refractivity contribution is 0.381. The fraction of sp³-hybridized carbons (Fsp3) is 1.00. The van der Waals surface area contributed by atoms with Crippen LogP contribution < -0.4 is 5.73 Å². The average Bonchev–Trinajstić information content (AvgIpc) is 2.24. The Morgan fingerprint density at radius 2 is 1.94 bits per heavy atom. The van der Waals surface area contributed by atoms with Gasteiger partial charge < -0.3 is 5.73 Å². The van der Waals surface area contributed by atoms with Gasteiger partial charge in [-0.1, -0.05) is 26.2 Å². The third-order valence-corrected chi connectivity index (χ3v) is 5.83. The Labute approximate surface area is 99.7 Å². The lowest BCUT2D eigenvalue weighted by atomic mass is 9.91. The van der Waals surface area contributed by atoms with E-state index in [-0.39, 0.29) is 5.25 Å². The van der Waals surface area contributed by atoms with Gasteiger partial charge in [0.15, 0.2) is 9.84 Å². The molecule has 2 atom stereocenters. The molecule has 0 amide bonds. The van der Waals surface area contributed by atoms with E-state index in [2.05, 4.69) is 6.92 Å². The van der Waals surface area contributed by atoms with Gasteiger partial charge >= 0.3 is 0 Å². The predicted molar refractivity (Wildman–Crippen MR) is 68.1 cm³/mol. The third-order valence-electron chi connectivity index (χ3n) is 3.53. The Bertz CT molecular complexity index is 287. The van der Waals surface area contributed by atoms with Crippen LogP contribution in [-0.4, -0.2) is 26.0 Å². The van der Waals surface area contributed by atoms with Crippen molar-refractivity contribution in [3.8, 4) is 0 Å². The number of hydrogen-bond donors (Lipinski definition) is 1. The smallest absolute Gasteiger partial charge is 0.153 e. The van der Waals surface area contributed by atoms with Gasteiger partial charge in [0.2, 0.25) is 0 Å². The van der Waals surface area contributed by atoms with Gasteiger partial charge in [0.05, 0.1) is 11.0 Å². The topological polar surface area (TPSA) is 60.2 Å². The Morgan fingerprint density at radius 3 is 2.56 bits per heavy atom. The van der Waals surface area contributed by atoms with E-state index in [1.807, 2.05) is 0 Å². The number of unbranched alkanes of at least 4 members (excludes halogenated alkanes) is 2. The van der Waals surface area contributed by atoms with Crippen LogP contribution in [0.1, 0.15) is 51.9 Å². The number of sulfone groups is 1. The molecule has 0 spiro atoms. The number of nitrogens with two attached hydrogens (primary N) is 1. The van der Waals surface area contributed by atoms with E-state index in [0.29, 0.717) is 18.2 Å². The maximum Gasteiger partial charge on any atom is 0.153 e. The van der Waals surface area contributed by atoms with Crippen molar-refractivity contribution in [3.63, 3.8) is 0 Å². The summed E-state index contributed by atoms with van der Waals surface area (Å²) in [7, 11) is -2.84. The molecule has 0 radical (unpaired) electrons. The van der Waals surface area contributed by atoms with Gasteiger partial charge in [-0.15, -0.1) is 0 Å². The first-order chi connectivity index (χ1) is 7.56. The van der Waals surface area contributed by atoms with Gasteiger partial charge in [-0.05, 0) is 38.1 Å². The maximum atomic E-state index is 12.1. The molecule has 0 heterocycles. The van der Waals surface area contributed by atoms with Gasteiger partial charge in [0.1, 0.15) is 0 Å². The lowest BCUT2D eigenvalue weighted by Crippen LogP contribution is -2.29. The minimum atomic E-state index is -2.84. The zero-order valence-electron chi connectivity index (χ0n) is 10.3. The van der Waals surface area contributed by atoms with Crippen molar-refractivity contribution in [1.82, 2.24) is 0 Å². The van der Waals surface area contributed by atoms with Crippen molar-refractivity contribution >= 4 is 9.84 Å². The molecule has 1 saturated carbocycles. The molecule has 2 N–H and O–H groups in total. The molecule has 1 fully saturated rings. The second kappa shape index (κ2) is 6.60. The van der Waals surface area contributed by atoms with Crippen molar-refractivity contribution in [2.24, 2.45) is 11.7 Å². The minimum absolute atomic E-state index is 0.0610. The van der Waals surface area contributed by atoms with E-state index < -0.39 is 9.84 Å². The SMILES string of the molecule is CC1CCCC(S(=O)(=O)CCCCCN)C1. The first-order valence-electron chi connectivity index (χ1n) is 6.48. The molecule has 4 heteroatoms. The standard InChI is InChI=1S/C12H25NO2S/c1-11-6-5-7-12(10-11)16(14,15)9-4-2-3-8-13/h11-12H,2-10,13H2,1H3.